The highest BCUT2D eigenvalue weighted by atomic mass is 16.5. The molecule has 0 N–H and O–H groups in total. The lowest BCUT2D eigenvalue weighted by Gasteiger charge is -2.14. The Morgan fingerprint density at radius 1 is 1.47 bits per heavy atom. The SMILES string of the molecule is C=CCc1cccc(OC(C)COC)c1. The van der Waals surface area contributed by atoms with Crippen LogP contribution in [0.5, 0.6) is 5.75 Å². The van der Waals surface area contributed by atoms with Crippen LogP contribution in [0.25, 0.3) is 0 Å². The molecule has 1 rings (SSSR count). The number of hydrogen-bond donors (Lipinski definition) is 0. The standard InChI is InChI=1S/C13H18O2/c1-4-6-12-7-5-8-13(9-12)15-11(2)10-14-3/h4-5,7-9,11H,1,6,10H2,2-3H3. The first-order valence-electron chi connectivity index (χ1n) is 5.11. The molecule has 2 nitrogen and oxygen atoms in total. The Balaban J connectivity index is 2.60. The summed E-state index contributed by atoms with van der Waals surface area (Å²) >= 11 is 0. The maximum absolute atomic E-state index is 5.68. The first-order valence-corrected chi connectivity index (χ1v) is 5.11. The maximum atomic E-state index is 5.68. The molecule has 2 heteroatoms. The molecule has 0 fully saturated rings. The quantitative estimate of drug-likeness (QED) is 0.666. The minimum Gasteiger partial charge on any atom is -0.488 e. The zero-order valence-corrected chi connectivity index (χ0v) is 9.40. The van der Waals surface area contributed by atoms with Gasteiger partial charge < -0.3 is 9.47 Å². The molecule has 0 saturated heterocycles. The van der Waals surface area contributed by atoms with Crippen molar-refractivity contribution in [1.82, 2.24) is 0 Å². The van der Waals surface area contributed by atoms with Crippen LogP contribution >= 0.6 is 0 Å². The molecule has 0 saturated carbocycles. The van der Waals surface area contributed by atoms with Crippen molar-refractivity contribution in [3.8, 4) is 5.75 Å². The molecule has 0 aliphatic heterocycles. The van der Waals surface area contributed by atoms with Crippen molar-refractivity contribution in [1.29, 1.82) is 0 Å². The van der Waals surface area contributed by atoms with Crippen molar-refractivity contribution in [2.45, 2.75) is 19.4 Å². The van der Waals surface area contributed by atoms with Gasteiger partial charge in [0, 0.05) is 7.11 Å². The summed E-state index contributed by atoms with van der Waals surface area (Å²) in [7, 11) is 1.67. The summed E-state index contributed by atoms with van der Waals surface area (Å²) < 4.78 is 10.7. The van der Waals surface area contributed by atoms with Gasteiger partial charge in [0.05, 0.1) is 6.61 Å². The van der Waals surface area contributed by atoms with Crippen LogP contribution in [0.2, 0.25) is 0 Å². The number of allylic oxidation sites excluding steroid dienone is 1. The molecule has 1 aromatic carbocycles. The second-order valence-corrected chi connectivity index (χ2v) is 3.52. The fourth-order valence-corrected chi connectivity index (χ4v) is 1.41. The smallest absolute Gasteiger partial charge is 0.120 e. The number of benzene rings is 1. The minimum atomic E-state index is 0.0778. The van der Waals surface area contributed by atoms with E-state index in [1.54, 1.807) is 7.11 Å². The topological polar surface area (TPSA) is 18.5 Å². The molecule has 0 spiro atoms. The Bertz CT molecular complexity index is 307. The van der Waals surface area contributed by atoms with Gasteiger partial charge in [-0.15, -0.1) is 6.58 Å². The van der Waals surface area contributed by atoms with Crippen LogP contribution < -0.4 is 4.74 Å². The summed E-state index contributed by atoms with van der Waals surface area (Å²) in [4.78, 5) is 0. The van der Waals surface area contributed by atoms with E-state index in [0.29, 0.717) is 6.61 Å². The van der Waals surface area contributed by atoms with Crippen LogP contribution in [0, 0.1) is 0 Å². The zero-order chi connectivity index (χ0) is 11.1. The van der Waals surface area contributed by atoms with E-state index in [9.17, 15) is 0 Å². The second-order valence-electron chi connectivity index (χ2n) is 3.52. The van der Waals surface area contributed by atoms with Gasteiger partial charge in [-0.05, 0) is 31.0 Å². The number of rotatable bonds is 6. The lowest BCUT2D eigenvalue weighted by atomic mass is 10.1. The highest BCUT2D eigenvalue weighted by Crippen LogP contribution is 2.15. The molecule has 0 aliphatic rings. The van der Waals surface area contributed by atoms with Gasteiger partial charge in [-0.3, -0.25) is 0 Å². The van der Waals surface area contributed by atoms with E-state index in [0.717, 1.165) is 12.2 Å². The summed E-state index contributed by atoms with van der Waals surface area (Å²) in [5.74, 6) is 0.888. The van der Waals surface area contributed by atoms with Crippen LogP contribution in [-0.2, 0) is 11.2 Å². The van der Waals surface area contributed by atoms with E-state index in [1.165, 1.54) is 5.56 Å². The summed E-state index contributed by atoms with van der Waals surface area (Å²) in [6.45, 7) is 6.31. The molecular formula is C13H18O2. The Labute approximate surface area is 91.5 Å². The molecule has 1 aromatic rings. The van der Waals surface area contributed by atoms with Crippen LogP contribution in [0.3, 0.4) is 0 Å². The van der Waals surface area contributed by atoms with Crippen LogP contribution in [-0.4, -0.2) is 19.8 Å². The number of hydrogen-bond acceptors (Lipinski definition) is 2. The molecule has 15 heavy (non-hydrogen) atoms. The third-order valence-electron chi connectivity index (χ3n) is 2.02. The predicted octanol–water partition coefficient (Wildman–Crippen LogP) is 2.83. The van der Waals surface area contributed by atoms with Gasteiger partial charge in [0.15, 0.2) is 0 Å². The highest BCUT2D eigenvalue weighted by molar-refractivity contribution is 5.29. The van der Waals surface area contributed by atoms with E-state index < -0.39 is 0 Å². The largest absolute Gasteiger partial charge is 0.488 e. The van der Waals surface area contributed by atoms with Crippen molar-refractivity contribution in [2.75, 3.05) is 13.7 Å². The fraction of sp³-hybridized carbons (Fsp3) is 0.385. The lowest BCUT2D eigenvalue weighted by Crippen LogP contribution is -2.17. The average molecular weight is 206 g/mol. The van der Waals surface area contributed by atoms with Crippen LogP contribution in [0.15, 0.2) is 36.9 Å². The molecule has 82 valence electrons. The average Bonchev–Trinajstić information content (AvgIpc) is 2.19. The Morgan fingerprint density at radius 2 is 2.27 bits per heavy atom. The van der Waals surface area contributed by atoms with E-state index in [4.69, 9.17) is 9.47 Å². The van der Waals surface area contributed by atoms with E-state index in [-0.39, 0.29) is 6.10 Å². The van der Waals surface area contributed by atoms with Crippen LogP contribution in [0.4, 0.5) is 0 Å². The first kappa shape index (κ1) is 11.8. The molecule has 0 amide bonds. The van der Waals surface area contributed by atoms with E-state index in [1.807, 2.05) is 31.2 Å². The Hall–Kier alpha value is -1.28. The normalized spacial score (nSPS) is 12.1. The van der Waals surface area contributed by atoms with Gasteiger partial charge in [-0.25, -0.2) is 0 Å². The summed E-state index contributed by atoms with van der Waals surface area (Å²) in [5.41, 5.74) is 1.21. The predicted molar refractivity (Wildman–Crippen MR) is 62.3 cm³/mol. The van der Waals surface area contributed by atoms with E-state index >= 15 is 0 Å². The Kier molecular flexibility index (Phi) is 4.91. The van der Waals surface area contributed by atoms with Gasteiger partial charge in [-0.2, -0.15) is 0 Å². The lowest BCUT2D eigenvalue weighted by molar-refractivity contribution is 0.0920. The zero-order valence-electron chi connectivity index (χ0n) is 9.40. The minimum absolute atomic E-state index is 0.0778. The molecule has 1 atom stereocenters. The Morgan fingerprint density at radius 3 is 2.93 bits per heavy atom. The molecule has 1 unspecified atom stereocenters. The third kappa shape index (κ3) is 4.17. The van der Waals surface area contributed by atoms with Crippen molar-refractivity contribution in [2.24, 2.45) is 0 Å². The van der Waals surface area contributed by atoms with Crippen LogP contribution in [0.1, 0.15) is 12.5 Å². The van der Waals surface area contributed by atoms with Crippen molar-refractivity contribution in [3.63, 3.8) is 0 Å². The second kappa shape index (κ2) is 6.25. The maximum Gasteiger partial charge on any atom is 0.120 e. The van der Waals surface area contributed by atoms with Gasteiger partial charge >= 0.3 is 0 Å². The number of ether oxygens (including phenoxy) is 2. The van der Waals surface area contributed by atoms with Gasteiger partial charge in [0.2, 0.25) is 0 Å². The summed E-state index contributed by atoms with van der Waals surface area (Å²) in [5, 5.41) is 0. The molecule has 0 radical (unpaired) electrons. The molecular weight excluding hydrogens is 188 g/mol. The summed E-state index contributed by atoms with van der Waals surface area (Å²) in [6.07, 6.45) is 2.84. The van der Waals surface area contributed by atoms with Gasteiger partial charge in [0.1, 0.15) is 11.9 Å². The van der Waals surface area contributed by atoms with Gasteiger partial charge in [0.25, 0.3) is 0 Å². The monoisotopic (exact) mass is 206 g/mol. The van der Waals surface area contributed by atoms with Crippen molar-refractivity contribution < 1.29 is 9.47 Å². The highest BCUT2D eigenvalue weighted by Gasteiger charge is 2.03. The van der Waals surface area contributed by atoms with Crippen molar-refractivity contribution in [3.05, 3.63) is 42.5 Å². The fourth-order valence-electron chi connectivity index (χ4n) is 1.41. The van der Waals surface area contributed by atoms with Crippen molar-refractivity contribution >= 4 is 0 Å². The third-order valence-corrected chi connectivity index (χ3v) is 2.02. The van der Waals surface area contributed by atoms with E-state index in [2.05, 4.69) is 12.6 Å². The molecule has 0 bridgehead atoms. The first-order chi connectivity index (χ1) is 7.26. The molecule has 0 aliphatic carbocycles. The molecule has 0 aromatic heterocycles. The molecule has 0 heterocycles. The summed E-state index contributed by atoms with van der Waals surface area (Å²) in [6, 6.07) is 8.05. The van der Waals surface area contributed by atoms with Gasteiger partial charge in [-0.1, -0.05) is 18.2 Å². The number of methoxy groups -OCH3 is 1.